The molecule has 0 bridgehead atoms. The number of benzene rings is 2. The van der Waals surface area contributed by atoms with Crippen molar-refractivity contribution in [1.29, 1.82) is 0 Å². The molecule has 2 atom stereocenters. The third-order valence-corrected chi connectivity index (χ3v) is 5.61. The summed E-state index contributed by atoms with van der Waals surface area (Å²) >= 11 is 0. The van der Waals surface area contributed by atoms with Crippen LogP contribution in [-0.2, 0) is 9.47 Å². The largest absolute Gasteiger partial charge is 0.488 e. The highest BCUT2D eigenvalue weighted by atomic mass is 16.6. The third kappa shape index (κ3) is 6.20. The molecule has 0 unspecified atom stereocenters. The van der Waals surface area contributed by atoms with Gasteiger partial charge in [0.25, 0.3) is 0 Å². The number of pyridine rings is 1. The quantitative estimate of drug-likeness (QED) is 0.468. The van der Waals surface area contributed by atoms with Crippen molar-refractivity contribution in [2.24, 2.45) is 0 Å². The second-order valence-electron chi connectivity index (χ2n) is 9.46. The number of hydrogen-bond acceptors (Lipinski definition) is 7. The fourth-order valence-corrected chi connectivity index (χ4v) is 3.98. The fraction of sp³-hybridized carbons (Fsp3) is 0.370. The second-order valence-corrected chi connectivity index (χ2v) is 9.46. The average Bonchev–Trinajstić information content (AvgIpc) is 3.24. The summed E-state index contributed by atoms with van der Waals surface area (Å²) in [6, 6.07) is 17.0. The van der Waals surface area contributed by atoms with Gasteiger partial charge in [-0.05, 0) is 49.7 Å². The molecular formula is C27H30N2O6. The summed E-state index contributed by atoms with van der Waals surface area (Å²) < 4.78 is 22.4. The van der Waals surface area contributed by atoms with E-state index in [2.05, 4.69) is 11.1 Å². The second kappa shape index (κ2) is 10.2. The van der Waals surface area contributed by atoms with Crippen LogP contribution in [0.1, 0.15) is 37.6 Å². The minimum atomic E-state index is -0.620. The van der Waals surface area contributed by atoms with Crippen LogP contribution in [-0.4, -0.2) is 60.0 Å². The smallest absolute Gasteiger partial charge is 0.410 e. The molecule has 1 aliphatic rings. The standard InChI is InChI=1S/C27H30N2O6/c1-27(2,3)35-26(31)29-16-23(34-22-11-9-18-7-5-6-8-19(18)13-22)14-21(29)17-33-24-12-10-20(15-28-24)25(30)32-4/h5-13,15,21,23H,14,16-17H2,1-4H3/t21-,23-/m0/s1. The van der Waals surface area contributed by atoms with Gasteiger partial charge in [0.2, 0.25) is 5.88 Å². The molecule has 1 aliphatic heterocycles. The van der Waals surface area contributed by atoms with E-state index in [1.807, 2.05) is 57.2 Å². The summed E-state index contributed by atoms with van der Waals surface area (Å²) in [5.74, 6) is 0.629. The number of aromatic nitrogens is 1. The monoisotopic (exact) mass is 478 g/mol. The van der Waals surface area contributed by atoms with Crippen LogP contribution in [0, 0.1) is 0 Å². The van der Waals surface area contributed by atoms with E-state index in [9.17, 15) is 9.59 Å². The Balaban J connectivity index is 1.45. The predicted octanol–water partition coefficient (Wildman–Crippen LogP) is 4.86. The predicted molar refractivity (Wildman–Crippen MR) is 131 cm³/mol. The maximum Gasteiger partial charge on any atom is 0.410 e. The molecule has 3 aromatic rings. The Morgan fingerprint density at radius 1 is 1.06 bits per heavy atom. The molecule has 1 saturated heterocycles. The van der Waals surface area contributed by atoms with Crippen molar-refractivity contribution >= 4 is 22.8 Å². The minimum Gasteiger partial charge on any atom is -0.488 e. The highest BCUT2D eigenvalue weighted by molar-refractivity contribution is 5.88. The number of amides is 1. The van der Waals surface area contributed by atoms with Crippen LogP contribution < -0.4 is 9.47 Å². The molecule has 1 aromatic heterocycles. The Hall–Kier alpha value is -3.81. The normalized spacial score (nSPS) is 17.8. The summed E-state index contributed by atoms with van der Waals surface area (Å²) in [6.07, 6.45) is 1.34. The summed E-state index contributed by atoms with van der Waals surface area (Å²) in [6.45, 7) is 6.10. The SMILES string of the molecule is COC(=O)c1ccc(OC[C@@H]2C[C@H](Oc3ccc4ccccc4c3)CN2C(=O)OC(C)(C)C)nc1. The third-order valence-electron chi connectivity index (χ3n) is 5.61. The number of methoxy groups -OCH3 is 1. The van der Waals surface area contributed by atoms with E-state index in [0.717, 1.165) is 16.5 Å². The van der Waals surface area contributed by atoms with Crippen molar-refractivity contribution in [1.82, 2.24) is 9.88 Å². The van der Waals surface area contributed by atoms with Crippen LogP contribution in [0.3, 0.4) is 0 Å². The minimum absolute atomic E-state index is 0.210. The Labute approximate surface area is 204 Å². The van der Waals surface area contributed by atoms with Crippen molar-refractivity contribution in [3.8, 4) is 11.6 Å². The number of hydrogen-bond donors (Lipinski definition) is 0. The molecule has 2 aromatic carbocycles. The van der Waals surface area contributed by atoms with Gasteiger partial charge in [-0.3, -0.25) is 4.90 Å². The van der Waals surface area contributed by atoms with E-state index in [1.54, 1.807) is 17.0 Å². The summed E-state index contributed by atoms with van der Waals surface area (Å²) in [5.41, 5.74) is -0.287. The van der Waals surface area contributed by atoms with Gasteiger partial charge in [0.05, 0.1) is 25.3 Å². The first-order valence-electron chi connectivity index (χ1n) is 11.5. The van der Waals surface area contributed by atoms with E-state index in [-0.39, 0.29) is 18.8 Å². The highest BCUT2D eigenvalue weighted by Crippen LogP contribution is 2.28. The van der Waals surface area contributed by atoms with Crippen molar-refractivity contribution in [3.05, 3.63) is 66.4 Å². The summed E-state index contributed by atoms with van der Waals surface area (Å²) in [4.78, 5) is 30.4. The van der Waals surface area contributed by atoms with Gasteiger partial charge >= 0.3 is 12.1 Å². The van der Waals surface area contributed by atoms with Gasteiger partial charge in [0.15, 0.2) is 0 Å². The highest BCUT2D eigenvalue weighted by Gasteiger charge is 2.39. The molecule has 1 fully saturated rings. The number of rotatable bonds is 6. The molecule has 1 amide bonds. The molecule has 184 valence electrons. The lowest BCUT2D eigenvalue weighted by atomic mass is 10.1. The van der Waals surface area contributed by atoms with E-state index in [1.165, 1.54) is 13.3 Å². The fourth-order valence-electron chi connectivity index (χ4n) is 3.98. The van der Waals surface area contributed by atoms with Gasteiger partial charge in [-0.1, -0.05) is 30.3 Å². The molecule has 0 saturated carbocycles. The lowest BCUT2D eigenvalue weighted by Gasteiger charge is -2.28. The zero-order chi connectivity index (χ0) is 25.0. The van der Waals surface area contributed by atoms with Crippen molar-refractivity contribution in [3.63, 3.8) is 0 Å². The Kier molecular flexibility index (Phi) is 7.10. The molecule has 2 heterocycles. The van der Waals surface area contributed by atoms with E-state index in [0.29, 0.717) is 24.4 Å². The Morgan fingerprint density at radius 3 is 2.51 bits per heavy atom. The van der Waals surface area contributed by atoms with Gasteiger partial charge in [0.1, 0.15) is 24.1 Å². The van der Waals surface area contributed by atoms with Crippen molar-refractivity contribution in [2.75, 3.05) is 20.3 Å². The van der Waals surface area contributed by atoms with Crippen molar-refractivity contribution < 1.29 is 28.5 Å². The molecule has 35 heavy (non-hydrogen) atoms. The van der Waals surface area contributed by atoms with Crippen LogP contribution >= 0.6 is 0 Å². The number of carbonyl (C=O) groups is 2. The first-order chi connectivity index (χ1) is 16.7. The number of fused-ring (bicyclic) bond motifs is 1. The lowest BCUT2D eigenvalue weighted by Crippen LogP contribution is -2.42. The van der Waals surface area contributed by atoms with E-state index < -0.39 is 17.7 Å². The van der Waals surface area contributed by atoms with Gasteiger partial charge in [-0.15, -0.1) is 0 Å². The topological polar surface area (TPSA) is 87.2 Å². The maximum atomic E-state index is 12.9. The van der Waals surface area contributed by atoms with Gasteiger partial charge in [-0.2, -0.15) is 0 Å². The van der Waals surface area contributed by atoms with Crippen LogP contribution in [0.2, 0.25) is 0 Å². The first kappa shape index (κ1) is 24.3. The van der Waals surface area contributed by atoms with Crippen LogP contribution in [0.25, 0.3) is 10.8 Å². The van der Waals surface area contributed by atoms with Crippen LogP contribution in [0.5, 0.6) is 11.6 Å². The molecule has 8 heteroatoms. The number of esters is 1. The van der Waals surface area contributed by atoms with Gasteiger partial charge in [0, 0.05) is 18.7 Å². The number of carbonyl (C=O) groups excluding carboxylic acids is 2. The van der Waals surface area contributed by atoms with E-state index in [4.69, 9.17) is 18.9 Å². The van der Waals surface area contributed by atoms with E-state index >= 15 is 0 Å². The maximum absolute atomic E-state index is 12.9. The molecular weight excluding hydrogens is 448 g/mol. The van der Waals surface area contributed by atoms with Gasteiger partial charge < -0.3 is 18.9 Å². The summed E-state index contributed by atoms with van der Waals surface area (Å²) in [5, 5.41) is 2.23. The average molecular weight is 479 g/mol. The Bertz CT molecular complexity index is 1190. The Morgan fingerprint density at radius 2 is 1.83 bits per heavy atom. The van der Waals surface area contributed by atoms with Crippen molar-refractivity contribution in [2.45, 2.75) is 44.9 Å². The molecule has 0 radical (unpaired) electrons. The molecule has 0 aliphatic carbocycles. The zero-order valence-corrected chi connectivity index (χ0v) is 20.4. The number of nitrogens with zero attached hydrogens (tertiary/aromatic N) is 2. The number of ether oxygens (including phenoxy) is 4. The van der Waals surface area contributed by atoms with Gasteiger partial charge in [-0.25, -0.2) is 14.6 Å². The molecule has 0 N–H and O–H groups in total. The molecule has 0 spiro atoms. The molecule has 8 nitrogen and oxygen atoms in total. The first-order valence-corrected chi connectivity index (χ1v) is 11.5. The zero-order valence-electron chi connectivity index (χ0n) is 20.4. The van der Waals surface area contributed by atoms with Crippen LogP contribution in [0.15, 0.2) is 60.8 Å². The molecule has 4 rings (SSSR count). The summed E-state index contributed by atoms with van der Waals surface area (Å²) in [7, 11) is 1.31. The van der Waals surface area contributed by atoms with Crippen LogP contribution in [0.4, 0.5) is 4.79 Å². The lowest BCUT2D eigenvalue weighted by molar-refractivity contribution is 0.0174. The number of likely N-dealkylation sites (tertiary alicyclic amines) is 1.